The Bertz CT molecular complexity index is 1780. The van der Waals surface area contributed by atoms with E-state index in [0.29, 0.717) is 61.1 Å². The van der Waals surface area contributed by atoms with E-state index in [4.69, 9.17) is 26.3 Å². The second-order valence-electron chi connectivity index (χ2n) is 10.1. The Labute approximate surface area is 244 Å². The second kappa shape index (κ2) is 11.5. The predicted molar refractivity (Wildman–Crippen MR) is 149 cm³/mol. The van der Waals surface area contributed by atoms with Crippen molar-refractivity contribution in [3.05, 3.63) is 93.5 Å². The number of ether oxygens (including phenoxy) is 2. The van der Waals surface area contributed by atoms with Gasteiger partial charge in [0.25, 0.3) is 0 Å². The molecule has 9 nitrogen and oxygen atoms in total. The number of benzene rings is 2. The lowest BCUT2D eigenvalue weighted by atomic mass is 10.1. The molecule has 1 fully saturated rings. The highest BCUT2D eigenvalue weighted by Gasteiger charge is 2.26. The maximum absolute atomic E-state index is 14.9. The van der Waals surface area contributed by atoms with E-state index in [9.17, 15) is 18.7 Å². The summed E-state index contributed by atoms with van der Waals surface area (Å²) in [5.74, 6) is -1.51. The normalized spacial score (nSPS) is 16.7. The Kier molecular flexibility index (Phi) is 7.60. The smallest absolute Gasteiger partial charge is 0.335 e. The number of halogens is 3. The average Bonchev–Trinajstić information content (AvgIpc) is 3.55. The molecule has 6 rings (SSSR count). The summed E-state index contributed by atoms with van der Waals surface area (Å²) in [5.41, 5.74) is 2.37. The van der Waals surface area contributed by atoms with Crippen LogP contribution in [0.5, 0.6) is 5.75 Å². The molecular formula is C30H24ClF2N5O4. The van der Waals surface area contributed by atoms with Crippen LogP contribution in [0, 0.1) is 23.0 Å². The molecule has 0 aliphatic carbocycles. The molecule has 2 aliphatic rings. The summed E-state index contributed by atoms with van der Waals surface area (Å²) in [6.07, 6.45) is 2.80. The van der Waals surface area contributed by atoms with E-state index in [-0.39, 0.29) is 34.5 Å². The predicted octanol–water partition coefficient (Wildman–Crippen LogP) is 5.20. The lowest BCUT2D eigenvalue weighted by molar-refractivity contribution is -0.0591. The van der Waals surface area contributed by atoms with Gasteiger partial charge >= 0.3 is 5.97 Å². The molecule has 4 heterocycles. The highest BCUT2D eigenvalue weighted by Crippen LogP contribution is 2.29. The van der Waals surface area contributed by atoms with Crippen LogP contribution in [0.3, 0.4) is 0 Å². The Balaban J connectivity index is 1.19. The fourth-order valence-electron chi connectivity index (χ4n) is 5.02. The Morgan fingerprint density at radius 2 is 2.02 bits per heavy atom. The zero-order chi connectivity index (χ0) is 29.4. The quantitative estimate of drug-likeness (QED) is 0.283. The SMILES string of the molecule is N#Cc1ccc(OCc2nc(C3=CCN(Cc4nc5c(F)cc(C(=O)O)cc5n4C[C@@H]4CCO4)C3)ccc2F)c(Cl)c1. The molecule has 4 aromatic rings. The number of nitriles is 1. The van der Waals surface area contributed by atoms with Gasteiger partial charge in [0.15, 0.2) is 5.82 Å². The molecule has 1 atom stereocenters. The Morgan fingerprint density at radius 1 is 1.19 bits per heavy atom. The second-order valence-corrected chi connectivity index (χ2v) is 10.5. The van der Waals surface area contributed by atoms with Crippen LogP contribution in [0.4, 0.5) is 8.78 Å². The van der Waals surface area contributed by atoms with Gasteiger partial charge in [0.05, 0.1) is 52.6 Å². The average molecular weight is 592 g/mol. The monoisotopic (exact) mass is 591 g/mol. The van der Waals surface area contributed by atoms with E-state index < -0.39 is 17.6 Å². The first kappa shape index (κ1) is 27.8. The maximum atomic E-state index is 14.9. The number of aromatic nitrogens is 3. The zero-order valence-corrected chi connectivity index (χ0v) is 22.9. The lowest BCUT2D eigenvalue weighted by Crippen LogP contribution is -2.32. The maximum Gasteiger partial charge on any atom is 0.335 e. The number of rotatable bonds is 9. The number of pyridine rings is 1. The third kappa shape index (κ3) is 5.56. The van der Waals surface area contributed by atoms with Crippen LogP contribution in [0.1, 0.15) is 39.6 Å². The van der Waals surface area contributed by atoms with E-state index >= 15 is 0 Å². The first-order valence-corrected chi connectivity index (χ1v) is 13.6. The van der Waals surface area contributed by atoms with E-state index in [0.717, 1.165) is 18.1 Å². The van der Waals surface area contributed by atoms with Gasteiger partial charge in [-0.2, -0.15) is 5.26 Å². The fraction of sp³-hybridized carbons (Fsp3) is 0.267. The summed E-state index contributed by atoms with van der Waals surface area (Å²) < 4.78 is 42.6. The molecule has 0 saturated carbocycles. The van der Waals surface area contributed by atoms with Crippen molar-refractivity contribution >= 4 is 34.2 Å². The molecule has 0 unspecified atom stereocenters. The van der Waals surface area contributed by atoms with Crippen molar-refractivity contribution in [2.75, 3.05) is 19.7 Å². The minimum absolute atomic E-state index is 0.0480. The van der Waals surface area contributed by atoms with Gasteiger partial charge in [0, 0.05) is 19.7 Å². The molecule has 0 amide bonds. The first-order chi connectivity index (χ1) is 20.3. The number of nitrogens with zero attached hydrogens (tertiary/aromatic N) is 5. The van der Waals surface area contributed by atoms with Gasteiger partial charge in [-0.3, -0.25) is 4.90 Å². The Hall–Kier alpha value is -4.37. The van der Waals surface area contributed by atoms with Crippen molar-refractivity contribution in [1.82, 2.24) is 19.4 Å². The minimum Gasteiger partial charge on any atom is -0.486 e. The van der Waals surface area contributed by atoms with Gasteiger partial charge in [-0.15, -0.1) is 0 Å². The number of hydrogen-bond donors (Lipinski definition) is 1. The van der Waals surface area contributed by atoms with Crippen LogP contribution in [0.25, 0.3) is 16.6 Å². The van der Waals surface area contributed by atoms with Crippen LogP contribution in [0.15, 0.2) is 48.5 Å². The molecule has 42 heavy (non-hydrogen) atoms. The van der Waals surface area contributed by atoms with Gasteiger partial charge in [0.1, 0.15) is 35.2 Å². The largest absolute Gasteiger partial charge is 0.486 e. The summed E-state index contributed by atoms with van der Waals surface area (Å²) in [4.78, 5) is 22.7. The first-order valence-electron chi connectivity index (χ1n) is 13.2. The summed E-state index contributed by atoms with van der Waals surface area (Å²) in [5, 5.41) is 18.7. The highest BCUT2D eigenvalue weighted by molar-refractivity contribution is 6.32. The molecule has 1 N–H and O–H groups in total. The molecule has 0 bridgehead atoms. The number of carboxylic acid groups (broad SMARTS) is 1. The highest BCUT2D eigenvalue weighted by atomic mass is 35.5. The fourth-order valence-corrected chi connectivity index (χ4v) is 5.26. The van der Waals surface area contributed by atoms with Crippen LogP contribution >= 0.6 is 11.6 Å². The number of carboxylic acids is 1. The van der Waals surface area contributed by atoms with Crippen molar-refractivity contribution < 1.29 is 28.2 Å². The van der Waals surface area contributed by atoms with Crippen molar-refractivity contribution in [3.8, 4) is 11.8 Å². The van der Waals surface area contributed by atoms with Gasteiger partial charge in [-0.1, -0.05) is 17.7 Å². The summed E-state index contributed by atoms with van der Waals surface area (Å²) >= 11 is 6.17. The molecule has 12 heteroatoms. The number of imidazole rings is 1. The number of aromatic carboxylic acids is 1. The van der Waals surface area contributed by atoms with Crippen molar-refractivity contribution in [3.63, 3.8) is 0 Å². The van der Waals surface area contributed by atoms with Gasteiger partial charge in [-0.05, 0) is 54.5 Å². The minimum atomic E-state index is -1.21. The van der Waals surface area contributed by atoms with Crippen LogP contribution < -0.4 is 4.74 Å². The van der Waals surface area contributed by atoms with Gasteiger partial charge in [-0.25, -0.2) is 23.5 Å². The van der Waals surface area contributed by atoms with Crippen LogP contribution in [-0.2, 0) is 24.4 Å². The lowest BCUT2D eigenvalue weighted by Gasteiger charge is -2.28. The van der Waals surface area contributed by atoms with Crippen molar-refractivity contribution in [1.29, 1.82) is 5.26 Å². The molecule has 1 saturated heterocycles. The number of fused-ring (bicyclic) bond motifs is 1. The van der Waals surface area contributed by atoms with E-state index in [2.05, 4.69) is 14.9 Å². The number of carbonyl (C=O) groups is 1. The molecule has 0 spiro atoms. The molecule has 2 aromatic heterocycles. The van der Waals surface area contributed by atoms with E-state index in [1.807, 2.05) is 16.7 Å². The van der Waals surface area contributed by atoms with Crippen LogP contribution in [-0.4, -0.2) is 56.3 Å². The zero-order valence-electron chi connectivity index (χ0n) is 22.2. The number of hydrogen-bond acceptors (Lipinski definition) is 7. The van der Waals surface area contributed by atoms with Crippen molar-refractivity contribution in [2.24, 2.45) is 0 Å². The summed E-state index contributed by atoms with van der Waals surface area (Å²) in [6, 6.07) is 12.0. The summed E-state index contributed by atoms with van der Waals surface area (Å²) in [7, 11) is 0. The molecular weight excluding hydrogens is 568 g/mol. The topological polar surface area (TPSA) is 114 Å². The van der Waals surface area contributed by atoms with Gasteiger partial charge in [0.2, 0.25) is 0 Å². The standard InChI is InChI=1S/C30H24ClF2N5O4/c31-21-9-17(12-34)1-4-27(21)42-16-25-22(32)2-3-24(35-25)18-5-7-37(13-18)15-28-36-29-23(33)10-19(30(39)40)11-26(29)38(28)14-20-6-8-41-20/h1-5,9-11,20H,6-8,13-16H2,(H,39,40)/t20-/m0/s1. The summed E-state index contributed by atoms with van der Waals surface area (Å²) in [6.45, 7) is 2.37. The molecule has 214 valence electrons. The van der Waals surface area contributed by atoms with E-state index in [1.165, 1.54) is 18.2 Å². The third-order valence-corrected chi connectivity index (χ3v) is 7.64. The molecule has 2 aliphatic heterocycles. The van der Waals surface area contributed by atoms with E-state index in [1.54, 1.807) is 18.2 Å². The van der Waals surface area contributed by atoms with Crippen molar-refractivity contribution in [2.45, 2.75) is 32.2 Å². The molecule has 2 aromatic carbocycles. The Morgan fingerprint density at radius 3 is 2.74 bits per heavy atom. The van der Waals surface area contributed by atoms with Crippen LogP contribution in [0.2, 0.25) is 5.02 Å². The third-order valence-electron chi connectivity index (χ3n) is 7.34. The van der Waals surface area contributed by atoms with Gasteiger partial charge < -0.3 is 19.1 Å². The molecule has 0 radical (unpaired) electrons.